The number of rotatable bonds is 8. The van der Waals surface area contributed by atoms with E-state index >= 15 is 0 Å². The summed E-state index contributed by atoms with van der Waals surface area (Å²) in [5.74, 6) is -0.572. The van der Waals surface area contributed by atoms with Crippen LogP contribution in [-0.4, -0.2) is 22.3 Å². The van der Waals surface area contributed by atoms with Gasteiger partial charge in [0.15, 0.2) is 5.69 Å². The number of fused-ring (bicyclic) bond motifs is 3. The second-order valence-electron chi connectivity index (χ2n) is 8.46. The van der Waals surface area contributed by atoms with Crippen molar-refractivity contribution in [3.8, 4) is 0 Å². The van der Waals surface area contributed by atoms with E-state index in [4.69, 9.17) is 0 Å². The largest absolute Gasteiger partial charge is 0.374 e. The lowest BCUT2D eigenvalue weighted by Crippen LogP contribution is -2.31. The summed E-state index contributed by atoms with van der Waals surface area (Å²) in [5, 5.41) is 31.3. The van der Waals surface area contributed by atoms with Gasteiger partial charge in [-0.2, -0.15) is 0 Å². The third-order valence-corrected chi connectivity index (χ3v) is 6.24. The van der Waals surface area contributed by atoms with Gasteiger partial charge >= 0.3 is 0 Å². The first-order valence-electron chi connectivity index (χ1n) is 11.4. The number of anilines is 1. The number of nitro benzene ring substituents is 2. The predicted molar refractivity (Wildman–Crippen MR) is 130 cm³/mol. The maximum Gasteiger partial charge on any atom is 0.300 e. The molecule has 1 atom stereocenters. The zero-order chi connectivity index (χ0) is 24.2. The molecule has 4 rings (SSSR count). The summed E-state index contributed by atoms with van der Waals surface area (Å²) in [7, 11) is 0. The van der Waals surface area contributed by atoms with Crippen molar-refractivity contribution < 1.29 is 14.6 Å². The first-order chi connectivity index (χ1) is 16.4. The molecule has 176 valence electrons. The summed E-state index contributed by atoms with van der Waals surface area (Å²) in [6.45, 7) is 2.31. The minimum Gasteiger partial charge on any atom is -0.374 e. The zero-order valence-corrected chi connectivity index (χ0v) is 18.9. The highest BCUT2D eigenvalue weighted by atomic mass is 16.6. The molecule has 0 saturated heterocycles. The summed E-state index contributed by atoms with van der Waals surface area (Å²) >= 11 is 0. The van der Waals surface area contributed by atoms with Crippen molar-refractivity contribution >= 4 is 33.7 Å². The molecule has 0 unspecified atom stereocenters. The molecule has 9 heteroatoms. The van der Waals surface area contributed by atoms with Crippen molar-refractivity contribution in [1.29, 1.82) is 0 Å². The van der Waals surface area contributed by atoms with Gasteiger partial charge in [0.2, 0.25) is 0 Å². The first kappa shape index (κ1) is 23.2. The lowest BCUT2D eigenvalue weighted by molar-refractivity contribution is -0.392. The normalized spacial score (nSPS) is 14.9. The van der Waals surface area contributed by atoms with Crippen LogP contribution in [0.15, 0.2) is 48.5 Å². The van der Waals surface area contributed by atoms with E-state index in [1.54, 1.807) is 0 Å². The fourth-order valence-corrected chi connectivity index (χ4v) is 4.60. The number of carbonyl (C=O) groups excluding carboxylic acids is 1. The molecule has 0 aliphatic heterocycles. The molecule has 3 aromatic rings. The smallest absolute Gasteiger partial charge is 0.300 e. The molecule has 1 aliphatic carbocycles. The van der Waals surface area contributed by atoms with E-state index in [1.165, 1.54) is 0 Å². The van der Waals surface area contributed by atoms with E-state index < -0.39 is 27.1 Å². The minimum atomic E-state index is -0.693. The molecule has 9 nitrogen and oxygen atoms in total. The maximum atomic E-state index is 13.2. The number of hydrogen-bond acceptors (Lipinski definition) is 6. The molecule has 1 amide bonds. The third kappa shape index (κ3) is 4.54. The lowest BCUT2D eigenvalue weighted by Gasteiger charge is -2.28. The summed E-state index contributed by atoms with van der Waals surface area (Å²) in [4.78, 5) is 35.2. The van der Waals surface area contributed by atoms with Crippen LogP contribution in [0.1, 0.15) is 60.1 Å². The van der Waals surface area contributed by atoms with Gasteiger partial charge in [-0.3, -0.25) is 25.0 Å². The number of nitrogens with one attached hydrogen (secondary N) is 2. The van der Waals surface area contributed by atoms with Crippen LogP contribution in [-0.2, 0) is 6.42 Å². The number of benzene rings is 3. The minimum absolute atomic E-state index is 0.105. The van der Waals surface area contributed by atoms with Gasteiger partial charge in [0.05, 0.1) is 21.5 Å². The van der Waals surface area contributed by atoms with Crippen molar-refractivity contribution in [2.45, 2.75) is 45.1 Å². The van der Waals surface area contributed by atoms with E-state index in [9.17, 15) is 25.0 Å². The Morgan fingerprint density at radius 1 is 1.06 bits per heavy atom. The van der Waals surface area contributed by atoms with Crippen molar-refractivity contribution in [2.75, 3.05) is 11.9 Å². The summed E-state index contributed by atoms with van der Waals surface area (Å²) < 4.78 is 0. The molecule has 3 aromatic carbocycles. The maximum absolute atomic E-state index is 13.2. The van der Waals surface area contributed by atoms with E-state index in [1.807, 2.05) is 31.2 Å². The number of unbranched alkanes of at least 4 members (excludes halogenated alkanes) is 1. The molecule has 0 saturated carbocycles. The third-order valence-electron chi connectivity index (χ3n) is 6.24. The Bertz CT molecular complexity index is 1240. The number of aryl methyl sites for hydroxylation is 1. The van der Waals surface area contributed by atoms with Crippen LogP contribution in [0.3, 0.4) is 0 Å². The van der Waals surface area contributed by atoms with Gasteiger partial charge in [-0.15, -0.1) is 0 Å². The number of carbonyl (C=O) groups is 1. The van der Waals surface area contributed by atoms with Crippen LogP contribution >= 0.6 is 0 Å². The van der Waals surface area contributed by atoms with E-state index in [2.05, 4.69) is 22.8 Å². The Hall–Kier alpha value is -4.01. The van der Waals surface area contributed by atoms with Gasteiger partial charge in [-0.1, -0.05) is 49.7 Å². The Kier molecular flexibility index (Phi) is 6.72. The Balaban J connectivity index is 1.70. The van der Waals surface area contributed by atoms with Crippen LogP contribution in [0.5, 0.6) is 0 Å². The monoisotopic (exact) mass is 462 g/mol. The molecule has 0 fully saturated rings. The molecule has 1 aliphatic rings. The van der Waals surface area contributed by atoms with Crippen molar-refractivity contribution in [2.24, 2.45) is 0 Å². The Morgan fingerprint density at radius 3 is 2.44 bits per heavy atom. The van der Waals surface area contributed by atoms with E-state index in [0.717, 1.165) is 53.3 Å². The second kappa shape index (κ2) is 9.86. The molecule has 0 spiro atoms. The molecular weight excluding hydrogens is 436 g/mol. The lowest BCUT2D eigenvalue weighted by atomic mass is 9.84. The fourth-order valence-electron chi connectivity index (χ4n) is 4.60. The summed E-state index contributed by atoms with van der Waals surface area (Å²) in [6.07, 6.45) is 4.03. The van der Waals surface area contributed by atoms with Crippen molar-refractivity contribution in [3.05, 3.63) is 85.4 Å². The highest BCUT2D eigenvalue weighted by Crippen LogP contribution is 2.38. The zero-order valence-electron chi connectivity index (χ0n) is 18.9. The van der Waals surface area contributed by atoms with Gasteiger partial charge in [-0.05, 0) is 47.6 Å². The second-order valence-corrected chi connectivity index (χ2v) is 8.46. The molecule has 0 bridgehead atoms. The average Bonchev–Trinajstić information content (AvgIpc) is 2.83. The SMILES string of the molecule is CCCCNc1c([N+](=O)[O-])cc(C(=O)N[C@H]2CCCc3ccc4ccccc4c32)cc1[N+](=O)[O-]. The average molecular weight is 463 g/mol. The summed E-state index contributed by atoms with van der Waals surface area (Å²) in [5.41, 5.74) is 0.956. The molecule has 0 radical (unpaired) electrons. The number of amides is 1. The Morgan fingerprint density at radius 2 is 1.76 bits per heavy atom. The van der Waals surface area contributed by atoms with E-state index in [0.29, 0.717) is 19.4 Å². The van der Waals surface area contributed by atoms with Gasteiger partial charge < -0.3 is 10.6 Å². The highest BCUT2D eigenvalue weighted by molar-refractivity contribution is 5.98. The van der Waals surface area contributed by atoms with Gasteiger partial charge in [-0.25, -0.2) is 0 Å². The van der Waals surface area contributed by atoms with Gasteiger partial charge in [0, 0.05) is 18.7 Å². The molecule has 0 aromatic heterocycles. The van der Waals surface area contributed by atoms with Crippen LogP contribution in [0, 0.1) is 20.2 Å². The van der Waals surface area contributed by atoms with Crippen LogP contribution in [0.2, 0.25) is 0 Å². The van der Waals surface area contributed by atoms with Crippen molar-refractivity contribution in [1.82, 2.24) is 5.32 Å². The van der Waals surface area contributed by atoms with Gasteiger partial charge in [0.25, 0.3) is 17.3 Å². The van der Waals surface area contributed by atoms with E-state index in [-0.39, 0.29) is 17.3 Å². The predicted octanol–water partition coefficient (Wildman–Crippen LogP) is 5.68. The van der Waals surface area contributed by atoms with Crippen LogP contribution in [0.25, 0.3) is 10.8 Å². The number of hydrogen-bond donors (Lipinski definition) is 2. The fraction of sp³-hybridized carbons (Fsp3) is 0.320. The highest BCUT2D eigenvalue weighted by Gasteiger charge is 2.30. The van der Waals surface area contributed by atoms with Gasteiger partial charge in [0.1, 0.15) is 0 Å². The quantitative estimate of drug-likeness (QED) is 0.252. The summed E-state index contributed by atoms with van der Waals surface area (Å²) in [6, 6.07) is 14.0. The molecule has 34 heavy (non-hydrogen) atoms. The topological polar surface area (TPSA) is 127 Å². The van der Waals surface area contributed by atoms with Crippen LogP contribution in [0.4, 0.5) is 17.1 Å². The molecular formula is C25H26N4O5. The van der Waals surface area contributed by atoms with Crippen LogP contribution < -0.4 is 10.6 Å². The molecule has 0 heterocycles. The standard InChI is InChI=1S/C25H26N4O5/c1-2-3-13-26-24-21(28(31)32)14-18(15-22(24)29(33)34)25(30)27-20-10-6-8-17-12-11-16-7-4-5-9-19(16)23(17)20/h4-5,7,9,11-12,14-15,20,26H,2-3,6,8,10,13H2,1H3,(H,27,30)/t20-/m0/s1. The number of nitrogens with zero attached hydrogens (tertiary/aromatic N) is 2. The Labute approximate surface area is 196 Å². The molecule has 2 N–H and O–H groups in total. The van der Waals surface area contributed by atoms with Crippen molar-refractivity contribution in [3.63, 3.8) is 0 Å². The first-order valence-corrected chi connectivity index (χ1v) is 11.4. The number of nitro groups is 2.